The van der Waals surface area contributed by atoms with Gasteiger partial charge in [-0.05, 0) is 37.2 Å². The van der Waals surface area contributed by atoms with E-state index in [9.17, 15) is 9.90 Å². The maximum Gasteiger partial charge on any atom is 0.237 e. The van der Waals surface area contributed by atoms with Crippen LogP contribution in [0.5, 0.6) is 0 Å². The van der Waals surface area contributed by atoms with Gasteiger partial charge >= 0.3 is 0 Å². The van der Waals surface area contributed by atoms with E-state index in [1.807, 2.05) is 18.2 Å². The fourth-order valence-electron chi connectivity index (χ4n) is 2.90. The molecular weight excluding hydrogens is 252 g/mol. The lowest BCUT2D eigenvalue weighted by atomic mass is 10.0. The van der Waals surface area contributed by atoms with Gasteiger partial charge in [-0.15, -0.1) is 0 Å². The van der Waals surface area contributed by atoms with Crippen LogP contribution in [0, 0.1) is 5.92 Å². The Bertz CT molecular complexity index is 459. The van der Waals surface area contributed by atoms with Crippen molar-refractivity contribution in [2.75, 3.05) is 6.54 Å². The van der Waals surface area contributed by atoms with Crippen LogP contribution in [0.1, 0.15) is 24.8 Å². The van der Waals surface area contributed by atoms with Crippen molar-refractivity contribution in [2.24, 2.45) is 5.92 Å². The molecule has 0 aromatic heterocycles. The van der Waals surface area contributed by atoms with Crippen LogP contribution >= 0.6 is 0 Å². The van der Waals surface area contributed by atoms with Gasteiger partial charge in [0.1, 0.15) is 0 Å². The Kier molecular flexibility index (Phi) is 4.03. The summed E-state index contributed by atoms with van der Waals surface area (Å²) in [6.07, 6.45) is 3.44. The van der Waals surface area contributed by atoms with Crippen molar-refractivity contribution in [3.63, 3.8) is 0 Å². The Balaban J connectivity index is 1.59. The number of aliphatic hydroxyl groups excluding tert-OH is 1. The summed E-state index contributed by atoms with van der Waals surface area (Å²) >= 11 is 0. The van der Waals surface area contributed by atoms with E-state index in [-0.39, 0.29) is 24.1 Å². The van der Waals surface area contributed by atoms with Gasteiger partial charge < -0.3 is 15.7 Å². The largest absolute Gasteiger partial charge is 0.392 e. The van der Waals surface area contributed by atoms with E-state index in [1.165, 1.54) is 18.4 Å². The predicted molar refractivity (Wildman–Crippen MR) is 77.2 cm³/mol. The summed E-state index contributed by atoms with van der Waals surface area (Å²) in [5.74, 6) is 0.653. The first-order valence-corrected chi connectivity index (χ1v) is 7.48. The number of hydrogen-bond donors (Lipinski definition) is 3. The summed E-state index contributed by atoms with van der Waals surface area (Å²) in [6.45, 7) is 0.519. The van der Waals surface area contributed by atoms with Crippen LogP contribution < -0.4 is 10.6 Å². The van der Waals surface area contributed by atoms with Crippen LogP contribution in [0.15, 0.2) is 30.3 Å². The standard InChI is InChI=1S/C16H22N2O2/c19-13-9-15(17-10-13)16(20)18-14(12-6-7-12)8-11-4-2-1-3-5-11/h1-5,12-15,17,19H,6-10H2,(H,18,20). The summed E-state index contributed by atoms with van der Waals surface area (Å²) in [4.78, 5) is 12.2. The quantitative estimate of drug-likeness (QED) is 0.746. The highest BCUT2D eigenvalue weighted by atomic mass is 16.3. The van der Waals surface area contributed by atoms with Crippen molar-refractivity contribution in [2.45, 2.75) is 43.9 Å². The molecule has 4 heteroatoms. The molecule has 2 aliphatic rings. The fraction of sp³-hybridized carbons (Fsp3) is 0.562. The van der Waals surface area contributed by atoms with Crippen molar-refractivity contribution < 1.29 is 9.90 Å². The lowest BCUT2D eigenvalue weighted by Crippen LogP contribution is -2.46. The predicted octanol–water partition coefficient (Wildman–Crippen LogP) is 0.847. The van der Waals surface area contributed by atoms with Crippen molar-refractivity contribution >= 4 is 5.91 Å². The number of amides is 1. The van der Waals surface area contributed by atoms with Gasteiger partial charge in [0.05, 0.1) is 12.1 Å². The number of β-amino-alcohol motifs (C(OH)–C–C–N with tert-alkyl or cyclic N) is 1. The molecule has 1 saturated carbocycles. The molecule has 1 aromatic carbocycles. The first-order valence-electron chi connectivity index (χ1n) is 7.48. The van der Waals surface area contributed by atoms with Gasteiger partial charge in [0.15, 0.2) is 0 Å². The third-order valence-corrected chi connectivity index (χ3v) is 4.24. The Hall–Kier alpha value is -1.39. The first kappa shape index (κ1) is 13.6. The normalized spacial score (nSPS) is 27.2. The zero-order valence-electron chi connectivity index (χ0n) is 11.6. The number of benzene rings is 1. The summed E-state index contributed by atoms with van der Waals surface area (Å²) in [5.41, 5.74) is 1.27. The van der Waals surface area contributed by atoms with Gasteiger partial charge in [-0.1, -0.05) is 30.3 Å². The fourth-order valence-corrected chi connectivity index (χ4v) is 2.90. The van der Waals surface area contributed by atoms with E-state index < -0.39 is 0 Å². The molecule has 3 unspecified atom stereocenters. The SMILES string of the molecule is O=C(NC(Cc1ccccc1)C1CC1)C1CC(O)CN1. The molecule has 2 fully saturated rings. The molecule has 1 aliphatic heterocycles. The minimum Gasteiger partial charge on any atom is -0.392 e. The zero-order chi connectivity index (χ0) is 13.9. The molecule has 1 saturated heterocycles. The van der Waals surface area contributed by atoms with E-state index in [4.69, 9.17) is 0 Å². The summed E-state index contributed by atoms with van der Waals surface area (Å²) in [5, 5.41) is 15.7. The van der Waals surface area contributed by atoms with Crippen LogP contribution in [0.3, 0.4) is 0 Å². The minimum atomic E-state index is -0.390. The lowest BCUT2D eigenvalue weighted by molar-refractivity contribution is -0.123. The first-order chi connectivity index (χ1) is 9.72. The van der Waals surface area contributed by atoms with Crippen LogP contribution in [0.4, 0.5) is 0 Å². The molecule has 0 spiro atoms. The molecule has 20 heavy (non-hydrogen) atoms. The van der Waals surface area contributed by atoms with Gasteiger partial charge in [-0.25, -0.2) is 0 Å². The Morgan fingerprint density at radius 1 is 1.35 bits per heavy atom. The number of carbonyl (C=O) groups excluding carboxylic acids is 1. The lowest BCUT2D eigenvalue weighted by Gasteiger charge is -2.21. The summed E-state index contributed by atoms with van der Waals surface area (Å²) < 4.78 is 0. The molecule has 4 nitrogen and oxygen atoms in total. The molecule has 3 rings (SSSR count). The Labute approximate surface area is 119 Å². The second kappa shape index (κ2) is 5.94. The van der Waals surface area contributed by atoms with Gasteiger partial charge in [-0.2, -0.15) is 0 Å². The Morgan fingerprint density at radius 3 is 2.70 bits per heavy atom. The number of rotatable bonds is 5. The van der Waals surface area contributed by atoms with Gasteiger partial charge in [0.25, 0.3) is 0 Å². The summed E-state index contributed by atoms with van der Waals surface area (Å²) in [6, 6.07) is 10.3. The molecule has 1 aliphatic carbocycles. The van der Waals surface area contributed by atoms with E-state index in [1.54, 1.807) is 0 Å². The maximum absolute atomic E-state index is 12.2. The van der Waals surface area contributed by atoms with E-state index >= 15 is 0 Å². The molecule has 1 heterocycles. The molecule has 1 amide bonds. The molecule has 108 valence electrons. The molecular formula is C16H22N2O2. The van der Waals surface area contributed by atoms with Crippen LogP contribution in [-0.4, -0.2) is 35.7 Å². The maximum atomic E-state index is 12.2. The summed E-state index contributed by atoms with van der Waals surface area (Å²) in [7, 11) is 0. The third-order valence-electron chi connectivity index (χ3n) is 4.24. The number of carbonyl (C=O) groups is 1. The van der Waals surface area contributed by atoms with Gasteiger partial charge in [0.2, 0.25) is 5.91 Å². The topological polar surface area (TPSA) is 61.4 Å². The van der Waals surface area contributed by atoms with E-state index in [0.717, 1.165) is 6.42 Å². The van der Waals surface area contributed by atoms with Crippen molar-refractivity contribution in [1.29, 1.82) is 0 Å². The van der Waals surface area contributed by atoms with Gasteiger partial charge in [-0.3, -0.25) is 4.79 Å². The van der Waals surface area contributed by atoms with Crippen LogP contribution in [0.2, 0.25) is 0 Å². The highest BCUT2D eigenvalue weighted by molar-refractivity contribution is 5.82. The third kappa shape index (κ3) is 3.38. The number of hydrogen-bond acceptors (Lipinski definition) is 3. The smallest absolute Gasteiger partial charge is 0.237 e. The van der Waals surface area contributed by atoms with Crippen LogP contribution in [0.25, 0.3) is 0 Å². The average Bonchev–Trinajstić information content (AvgIpc) is 3.21. The average molecular weight is 274 g/mol. The zero-order valence-corrected chi connectivity index (χ0v) is 11.6. The monoisotopic (exact) mass is 274 g/mol. The molecule has 3 N–H and O–H groups in total. The van der Waals surface area contributed by atoms with Crippen molar-refractivity contribution in [3.8, 4) is 0 Å². The minimum absolute atomic E-state index is 0.0365. The highest BCUT2D eigenvalue weighted by Crippen LogP contribution is 2.34. The van der Waals surface area contributed by atoms with Crippen molar-refractivity contribution in [1.82, 2.24) is 10.6 Å². The molecule has 1 aromatic rings. The van der Waals surface area contributed by atoms with Crippen molar-refractivity contribution in [3.05, 3.63) is 35.9 Å². The van der Waals surface area contributed by atoms with E-state index in [2.05, 4.69) is 22.8 Å². The van der Waals surface area contributed by atoms with Crippen LogP contribution in [-0.2, 0) is 11.2 Å². The second-order valence-electron chi connectivity index (χ2n) is 5.99. The highest BCUT2D eigenvalue weighted by Gasteiger charge is 2.35. The molecule has 3 atom stereocenters. The second-order valence-corrected chi connectivity index (χ2v) is 5.99. The van der Waals surface area contributed by atoms with E-state index in [0.29, 0.717) is 18.9 Å². The number of nitrogens with one attached hydrogen (secondary N) is 2. The Morgan fingerprint density at radius 2 is 2.10 bits per heavy atom. The molecule has 0 bridgehead atoms. The number of aliphatic hydroxyl groups is 1. The van der Waals surface area contributed by atoms with Gasteiger partial charge in [0, 0.05) is 12.6 Å². The molecule has 0 radical (unpaired) electrons.